The molecule has 2 N–H and O–H groups in total. The van der Waals surface area contributed by atoms with E-state index in [1.165, 1.54) is 32.4 Å². The third kappa shape index (κ3) is 6.98. The number of guanidine groups is 1. The van der Waals surface area contributed by atoms with Gasteiger partial charge in [-0.25, -0.2) is 4.98 Å². The van der Waals surface area contributed by atoms with E-state index < -0.39 is 0 Å². The van der Waals surface area contributed by atoms with Crippen LogP contribution >= 0.6 is 23.1 Å². The van der Waals surface area contributed by atoms with Gasteiger partial charge in [0.05, 0.1) is 0 Å². The third-order valence-corrected chi connectivity index (χ3v) is 5.69. The van der Waals surface area contributed by atoms with E-state index in [1.807, 2.05) is 30.4 Å². The van der Waals surface area contributed by atoms with E-state index in [1.54, 1.807) is 11.3 Å². The highest BCUT2D eigenvalue weighted by molar-refractivity contribution is 8.00. The second-order valence-electron chi connectivity index (χ2n) is 5.33. The average Bonchev–Trinajstić information content (AvgIpc) is 3.07. The molecule has 2 rings (SSSR count). The summed E-state index contributed by atoms with van der Waals surface area (Å²) in [6.45, 7) is 5.53. The highest BCUT2D eigenvalue weighted by Crippen LogP contribution is 2.20. The van der Waals surface area contributed by atoms with Gasteiger partial charge in [0, 0.05) is 44.0 Å². The van der Waals surface area contributed by atoms with E-state index in [4.69, 9.17) is 0 Å². The minimum atomic E-state index is 0.913. The van der Waals surface area contributed by atoms with Crippen molar-refractivity contribution in [1.29, 1.82) is 0 Å². The van der Waals surface area contributed by atoms with Crippen molar-refractivity contribution in [3.8, 4) is 0 Å². The molecule has 0 atom stereocenters. The molecule has 124 valence electrons. The largest absolute Gasteiger partial charge is 0.356 e. The number of nitrogens with zero attached hydrogens (tertiary/aromatic N) is 3. The molecule has 22 heavy (non-hydrogen) atoms. The van der Waals surface area contributed by atoms with Crippen LogP contribution in [0, 0.1) is 0 Å². The molecule has 5 nitrogen and oxygen atoms in total. The summed E-state index contributed by atoms with van der Waals surface area (Å²) in [7, 11) is 1.83. The van der Waals surface area contributed by atoms with Crippen molar-refractivity contribution < 1.29 is 0 Å². The zero-order chi connectivity index (χ0) is 15.5. The van der Waals surface area contributed by atoms with Crippen molar-refractivity contribution in [3.63, 3.8) is 0 Å². The highest BCUT2D eigenvalue weighted by Gasteiger charge is 2.09. The monoisotopic (exact) mass is 341 g/mol. The number of hydrogen-bond donors (Lipinski definition) is 2. The first-order valence-corrected chi connectivity index (χ1v) is 9.94. The summed E-state index contributed by atoms with van der Waals surface area (Å²) in [5.41, 5.74) is 0. The molecular formula is C15H27N5S2. The summed E-state index contributed by atoms with van der Waals surface area (Å²) >= 11 is 3.53. The molecule has 0 unspecified atom stereocenters. The smallest absolute Gasteiger partial charge is 0.191 e. The highest BCUT2D eigenvalue weighted by atomic mass is 32.2. The van der Waals surface area contributed by atoms with Gasteiger partial charge in [0.2, 0.25) is 0 Å². The Morgan fingerprint density at radius 3 is 2.86 bits per heavy atom. The molecule has 0 saturated carbocycles. The van der Waals surface area contributed by atoms with Crippen molar-refractivity contribution in [3.05, 3.63) is 11.6 Å². The second-order valence-corrected chi connectivity index (χ2v) is 7.56. The topological polar surface area (TPSA) is 52.6 Å². The number of thioether (sulfide) groups is 1. The molecule has 0 spiro atoms. The number of thiazole rings is 1. The first kappa shape index (κ1) is 17.6. The lowest BCUT2D eigenvalue weighted by Crippen LogP contribution is -2.42. The lowest BCUT2D eigenvalue weighted by Gasteiger charge is -2.26. The lowest BCUT2D eigenvalue weighted by atomic mass is 10.1. The molecule has 0 bridgehead atoms. The van der Waals surface area contributed by atoms with Crippen LogP contribution < -0.4 is 10.6 Å². The zero-order valence-corrected chi connectivity index (χ0v) is 15.0. The van der Waals surface area contributed by atoms with Crippen molar-refractivity contribution in [2.24, 2.45) is 4.99 Å². The van der Waals surface area contributed by atoms with Gasteiger partial charge < -0.3 is 15.5 Å². The van der Waals surface area contributed by atoms with Gasteiger partial charge >= 0.3 is 0 Å². The van der Waals surface area contributed by atoms with Gasteiger partial charge in [-0.1, -0.05) is 18.2 Å². The van der Waals surface area contributed by atoms with Crippen molar-refractivity contribution in [2.45, 2.75) is 30.0 Å². The number of hydrogen-bond acceptors (Lipinski definition) is 5. The summed E-state index contributed by atoms with van der Waals surface area (Å²) in [6.07, 6.45) is 7.07. The molecule has 7 heteroatoms. The zero-order valence-electron chi connectivity index (χ0n) is 13.4. The van der Waals surface area contributed by atoms with Gasteiger partial charge in [-0.05, 0) is 32.4 Å². The van der Waals surface area contributed by atoms with E-state index in [9.17, 15) is 0 Å². The summed E-state index contributed by atoms with van der Waals surface area (Å²) in [5, 5.41) is 8.80. The minimum absolute atomic E-state index is 0.913. The minimum Gasteiger partial charge on any atom is -0.356 e. The Hall–Kier alpha value is -0.790. The van der Waals surface area contributed by atoms with Gasteiger partial charge in [-0.2, -0.15) is 0 Å². The van der Waals surface area contributed by atoms with Crippen LogP contribution in [0.25, 0.3) is 0 Å². The molecule has 1 aliphatic heterocycles. The van der Waals surface area contributed by atoms with E-state index in [0.29, 0.717) is 0 Å². The predicted octanol–water partition coefficient (Wildman–Crippen LogP) is 2.28. The van der Waals surface area contributed by atoms with Crippen molar-refractivity contribution in [2.75, 3.05) is 45.5 Å². The van der Waals surface area contributed by atoms with E-state index >= 15 is 0 Å². The second kappa shape index (κ2) is 10.9. The standard InChI is InChI=1S/C15H27N5S2/c1-16-14(18-7-11-20-9-3-2-4-10-20)17-6-5-12-21-15-19-8-13-22-15/h8,13H,2-7,9-12H2,1H3,(H2,16,17,18). The molecule has 0 amide bonds. The van der Waals surface area contributed by atoms with E-state index in [0.717, 1.165) is 42.1 Å². The van der Waals surface area contributed by atoms with Crippen molar-refractivity contribution in [1.82, 2.24) is 20.5 Å². The number of piperidine rings is 1. The van der Waals surface area contributed by atoms with Crippen LogP contribution in [0.3, 0.4) is 0 Å². The normalized spacial score (nSPS) is 16.7. The fourth-order valence-electron chi connectivity index (χ4n) is 2.46. The molecule has 1 aromatic heterocycles. The maximum atomic E-state index is 4.28. The van der Waals surface area contributed by atoms with E-state index in [-0.39, 0.29) is 0 Å². The van der Waals surface area contributed by atoms with Gasteiger partial charge in [0.15, 0.2) is 5.96 Å². The maximum Gasteiger partial charge on any atom is 0.191 e. The molecule has 1 fully saturated rings. The van der Waals surface area contributed by atoms with Gasteiger partial charge in [-0.15, -0.1) is 11.3 Å². The summed E-state index contributed by atoms with van der Waals surface area (Å²) in [6, 6.07) is 0. The van der Waals surface area contributed by atoms with Crippen LogP contribution in [0.1, 0.15) is 25.7 Å². The average molecular weight is 342 g/mol. The van der Waals surface area contributed by atoms with Gasteiger partial charge in [-0.3, -0.25) is 4.99 Å². The Morgan fingerprint density at radius 1 is 1.32 bits per heavy atom. The van der Waals surface area contributed by atoms with Crippen LogP contribution in [0.15, 0.2) is 20.9 Å². The first-order chi connectivity index (χ1) is 10.9. The molecule has 1 saturated heterocycles. The predicted molar refractivity (Wildman–Crippen MR) is 97.1 cm³/mol. The Labute approximate surface area is 142 Å². The summed E-state index contributed by atoms with van der Waals surface area (Å²) in [5.74, 6) is 2.00. The van der Waals surface area contributed by atoms with Crippen LogP contribution in [-0.2, 0) is 0 Å². The third-order valence-electron chi connectivity index (χ3n) is 3.64. The lowest BCUT2D eigenvalue weighted by molar-refractivity contribution is 0.232. The number of aliphatic imine (C=N–C) groups is 1. The van der Waals surface area contributed by atoms with Crippen LogP contribution in [-0.4, -0.2) is 61.4 Å². The van der Waals surface area contributed by atoms with Crippen molar-refractivity contribution >= 4 is 29.1 Å². The first-order valence-electron chi connectivity index (χ1n) is 8.07. The fraction of sp³-hybridized carbons (Fsp3) is 0.733. The van der Waals surface area contributed by atoms with E-state index in [2.05, 4.69) is 25.5 Å². The molecule has 0 aliphatic carbocycles. The fourth-order valence-corrected chi connectivity index (χ4v) is 4.10. The maximum absolute atomic E-state index is 4.28. The van der Waals surface area contributed by atoms with Gasteiger partial charge in [0.25, 0.3) is 0 Å². The number of aromatic nitrogens is 1. The Morgan fingerprint density at radius 2 is 2.14 bits per heavy atom. The molecule has 1 aliphatic rings. The summed E-state index contributed by atoms with van der Waals surface area (Å²) < 4.78 is 1.16. The number of rotatable bonds is 8. The Kier molecular flexibility index (Phi) is 8.67. The Bertz CT molecular complexity index is 416. The molecule has 1 aromatic rings. The Balaban J connectivity index is 1.49. The van der Waals surface area contributed by atoms with Crippen LogP contribution in [0.2, 0.25) is 0 Å². The molecule has 0 aromatic carbocycles. The molecular weight excluding hydrogens is 314 g/mol. The van der Waals surface area contributed by atoms with Crippen LogP contribution in [0.4, 0.5) is 0 Å². The quantitative estimate of drug-likeness (QED) is 0.329. The van der Waals surface area contributed by atoms with Gasteiger partial charge in [0.1, 0.15) is 4.34 Å². The SMILES string of the molecule is CN=C(NCCCSc1nccs1)NCCN1CCCCC1. The number of nitrogens with one attached hydrogen (secondary N) is 2. The summed E-state index contributed by atoms with van der Waals surface area (Å²) in [4.78, 5) is 11.1. The van der Waals surface area contributed by atoms with Crippen LogP contribution in [0.5, 0.6) is 0 Å². The molecule has 0 radical (unpaired) electrons. The number of likely N-dealkylation sites (tertiary alicyclic amines) is 1. The molecule has 2 heterocycles.